The molecule has 1 rings (SSSR count). The number of anilines is 1. The highest BCUT2D eigenvalue weighted by molar-refractivity contribution is 5.92. The van der Waals surface area contributed by atoms with Crippen LogP contribution in [-0.2, 0) is 4.74 Å². The van der Waals surface area contributed by atoms with Crippen LogP contribution in [0.3, 0.4) is 0 Å². The van der Waals surface area contributed by atoms with Crippen molar-refractivity contribution in [3.8, 4) is 0 Å². The fourth-order valence-corrected chi connectivity index (χ4v) is 2.42. The number of aromatic nitrogens is 2. The van der Waals surface area contributed by atoms with Gasteiger partial charge < -0.3 is 15.0 Å². The Balaban J connectivity index is 2.82. The van der Waals surface area contributed by atoms with E-state index in [1.807, 2.05) is 11.5 Å². The van der Waals surface area contributed by atoms with Crippen molar-refractivity contribution < 1.29 is 9.53 Å². The molecule has 0 aliphatic carbocycles. The van der Waals surface area contributed by atoms with Gasteiger partial charge in [-0.25, -0.2) is 9.78 Å². The van der Waals surface area contributed by atoms with Gasteiger partial charge in [0.25, 0.3) is 0 Å². The molecule has 0 amide bonds. The Morgan fingerprint density at radius 1 is 1.35 bits per heavy atom. The zero-order chi connectivity index (χ0) is 15.3. The molecule has 0 bridgehead atoms. The Labute approximate surface area is 121 Å². The van der Waals surface area contributed by atoms with Gasteiger partial charge in [0.15, 0.2) is 5.69 Å². The highest BCUT2D eigenvalue weighted by atomic mass is 16.5. The Hall–Kier alpha value is -1.52. The van der Waals surface area contributed by atoms with Crippen LogP contribution < -0.4 is 5.73 Å². The predicted octanol–water partition coefficient (Wildman–Crippen LogP) is 3.34. The maximum Gasteiger partial charge on any atom is 0.360 e. The summed E-state index contributed by atoms with van der Waals surface area (Å²) < 4.78 is 6.91. The lowest BCUT2D eigenvalue weighted by atomic mass is 10.0. The molecular weight excluding hydrogens is 254 g/mol. The molecule has 5 heteroatoms. The average molecular weight is 281 g/mol. The Morgan fingerprint density at radius 3 is 2.55 bits per heavy atom. The van der Waals surface area contributed by atoms with Crippen molar-refractivity contribution in [1.82, 2.24) is 9.55 Å². The van der Waals surface area contributed by atoms with E-state index in [1.165, 1.54) is 6.42 Å². The van der Waals surface area contributed by atoms with Crippen molar-refractivity contribution in [1.29, 1.82) is 0 Å². The molecule has 2 N–H and O–H groups in total. The number of esters is 1. The summed E-state index contributed by atoms with van der Waals surface area (Å²) in [5.41, 5.74) is 6.30. The number of hydrogen-bond acceptors (Lipinski definition) is 4. The Morgan fingerprint density at radius 2 is 2.00 bits per heavy atom. The largest absolute Gasteiger partial charge is 0.461 e. The lowest BCUT2D eigenvalue weighted by Crippen LogP contribution is -2.13. The molecule has 0 spiro atoms. The van der Waals surface area contributed by atoms with E-state index >= 15 is 0 Å². The van der Waals surface area contributed by atoms with Crippen LogP contribution in [0.1, 0.15) is 69.3 Å². The molecule has 0 aliphatic heterocycles. The van der Waals surface area contributed by atoms with E-state index in [2.05, 4.69) is 25.8 Å². The van der Waals surface area contributed by atoms with Crippen LogP contribution in [-0.4, -0.2) is 22.1 Å². The molecular formula is C15H27N3O2. The third-order valence-corrected chi connectivity index (χ3v) is 3.44. The number of nitrogens with zero attached hydrogens (tertiary/aromatic N) is 2. The van der Waals surface area contributed by atoms with E-state index in [0.29, 0.717) is 18.3 Å². The van der Waals surface area contributed by atoms with E-state index in [9.17, 15) is 4.79 Å². The van der Waals surface area contributed by atoms with Gasteiger partial charge in [0.1, 0.15) is 11.6 Å². The van der Waals surface area contributed by atoms with Crippen LogP contribution in [0.25, 0.3) is 0 Å². The molecule has 0 aliphatic rings. The number of aryl methyl sites for hydroxylation is 1. The summed E-state index contributed by atoms with van der Waals surface area (Å²) in [4.78, 5) is 16.0. The minimum absolute atomic E-state index is 0.236. The minimum atomic E-state index is -0.443. The van der Waals surface area contributed by atoms with Crippen LogP contribution in [0, 0.1) is 12.8 Å². The summed E-state index contributed by atoms with van der Waals surface area (Å²) >= 11 is 0. The molecule has 20 heavy (non-hydrogen) atoms. The van der Waals surface area contributed by atoms with Crippen molar-refractivity contribution in [2.45, 2.75) is 59.9 Å². The van der Waals surface area contributed by atoms with Gasteiger partial charge in [-0.15, -0.1) is 0 Å². The van der Waals surface area contributed by atoms with Gasteiger partial charge in [-0.2, -0.15) is 0 Å². The maximum absolute atomic E-state index is 11.8. The van der Waals surface area contributed by atoms with Gasteiger partial charge in [0.05, 0.1) is 6.61 Å². The fraction of sp³-hybridized carbons (Fsp3) is 0.733. The second-order valence-corrected chi connectivity index (χ2v) is 5.66. The SMILES string of the molecule is CCOC(=O)c1nc(C)n(C(C)CCCC(C)C)c1N. The summed E-state index contributed by atoms with van der Waals surface area (Å²) in [5.74, 6) is 1.44. The molecule has 0 radical (unpaired) electrons. The van der Waals surface area contributed by atoms with Gasteiger partial charge in [-0.3, -0.25) is 0 Å². The second-order valence-electron chi connectivity index (χ2n) is 5.66. The van der Waals surface area contributed by atoms with Gasteiger partial charge in [0, 0.05) is 6.04 Å². The summed E-state index contributed by atoms with van der Waals surface area (Å²) in [7, 11) is 0. The first-order valence-corrected chi connectivity index (χ1v) is 7.39. The molecule has 0 saturated carbocycles. The highest BCUT2D eigenvalue weighted by Crippen LogP contribution is 2.25. The predicted molar refractivity (Wildman–Crippen MR) is 80.7 cm³/mol. The Bertz CT molecular complexity index is 452. The first-order chi connectivity index (χ1) is 9.38. The van der Waals surface area contributed by atoms with Crippen LogP contribution >= 0.6 is 0 Å². The quantitative estimate of drug-likeness (QED) is 0.778. The number of nitrogens with two attached hydrogens (primary N) is 1. The molecule has 0 saturated heterocycles. The van der Waals surface area contributed by atoms with Crippen LogP contribution in [0.4, 0.5) is 5.82 Å². The maximum atomic E-state index is 11.8. The molecule has 1 unspecified atom stereocenters. The third-order valence-electron chi connectivity index (χ3n) is 3.44. The van der Waals surface area contributed by atoms with E-state index in [0.717, 1.165) is 18.7 Å². The second kappa shape index (κ2) is 7.31. The average Bonchev–Trinajstić information content (AvgIpc) is 2.64. The van der Waals surface area contributed by atoms with Crippen molar-refractivity contribution in [2.75, 3.05) is 12.3 Å². The van der Waals surface area contributed by atoms with Gasteiger partial charge in [0.2, 0.25) is 0 Å². The van der Waals surface area contributed by atoms with Crippen LogP contribution in [0.2, 0.25) is 0 Å². The first kappa shape index (κ1) is 16.5. The number of nitrogen functional groups attached to an aromatic ring is 1. The summed E-state index contributed by atoms with van der Waals surface area (Å²) in [5, 5.41) is 0. The molecule has 1 heterocycles. The minimum Gasteiger partial charge on any atom is -0.461 e. The van der Waals surface area contributed by atoms with E-state index in [1.54, 1.807) is 6.92 Å². The number of carbonyl (C=O) groups excluding carboxylic acids is 1. The standard InChI is InChI=1S/C15H27N3O2/c1-6-20-15(19)13-14(16)18(12(5)17-13)11(4)9-7-8-10(2)3/h10-11H,6-9,16H2,1-5H3. The zero-order valence-corrected chi connectivity index (χ0v) is 13.3. The summed E-state index contributed by atoms with van der Waals surface area (Å²) in [6, 6.07) is 0.240. The number of hydrogen-bond donors (Lipinski definition) is 1. The smallest absolute Gasteiger partial charge is 0.360 e. The number of ether oxygens (including phenoxy) is 1. The normalized spacial score (nSPS) is 12.7. The van der Waals surface area contributed by atoms with Crippen LogP contribution in [0.15, 0.2) is 0 Å². The lowest BCUT2D eigenvalue weighted by molar-refractivity contribution is 0.0521. The molecule has 0 aromatic carbocycles. The third kappa shape index (κ3) is 3.99. The van der Waals surface area contributed by atoms with Gasteiger partial charge >= 0.3 is 5.97 Å². The van der Waals surface area contributed by atoms with Crippen LogP contribution in [0.5, 0.6) is 0 Å². The van der Waals surface area contributed by atoms with Crippen molar-refractivity contribution in [3.63, 3.8) is 0 Å². The fourth-order valence-electron chi connectivity index (χ4n) is 2.42. The van der Waals surface area contributed by atoms with E-state index in [4.69, 9.17) is 10.5 Å². The summed E-state index contributed by atoms with van der Waals surface area (Å²) in [6.07, 6.45) is 3.37. The van der Waals surface area contributed by atoms with Gasteiger partial charge in [-0.05, 0) is 33.1 Å². The zero-order valence-electron chi connectivity index (χ0n) is 13.3. The van der Waals surface area contributed by atoms with E-state index < -0.39 is 5.97 Å². The number of carbonyl (C=O) groups is 1. The monoisotopic (exact) mass is 281 g/mol. The molecule has 114 valence electrons. The van der Waals surface area contributed by atoms with Gasteiger partial charge in [-0.1, -0.05) is 26.7 Å². The molecule has 1 aromatic rings. The highest BCUT2D eigenvalue weighted by Gasteiger charge is 2.22. The molecule has 1 aromatic heterocycles. The lowest BCUT2D eigenvalue weighted by Gasteiger charge is -2.17. The van der Waals surface area contributed by atoms with Crippen molar-refractivity contribution >= 4 is 11.8 Å². The van der Waals surface area contributed by atoms with E-state index in [-0.39, 0.29) is 11.7 Å². The molecule has 1 atom stereocenters. The topological polar surface area (TPSA) is 70.1 Å². The van der Waals surface area contributed by atoms with Crippen molar-refractivity contribution in [2.24, 2.45) is 5.92 Å². The molecule has 5 nitrogen and oxygen atoms in total. The van der Waals surface area contributed by atoms with Crippen molar-refractivity contribution in [3.05, 3.63) is 11.5 Å². The summed E-state index contributed by atoms with van der Waals surface area (Å²) in [6.45, 7) is 10.5. The Kier molecular flexibility index (Phi) is 6.05. The number of rotatable bonds is 7. The first-order valence-electron chi connectivity index (χ1n) is 7.39. The molecule has 0 fully saturated rings. The number of imidazole rings is 1.